The minimum atomic E-state index is -0.537. The van der Waals surface area contributed by atoms with Crippen molar-refractivity contribution in [2.45, 2.75) is 19.5 Å². The summed E-state index contributed by atoms with van der Waals surface area (Å²) < 4.78 is 13.5. The number of hydrogen-bond acceptors (Lipinski definition) is 2. The number of aryl methyl sites for hydroxylation is 1. The van der Waals surface area contributed by atoms with Crippen LogP contribution in [-0.2, 0) is 11.3 Å². The summed E-state index contributed by atoms with van der Waals surface area (Å²) in [5, 5.41) is 11.3. The molecule has 4 rings (SSSR count). The Kier molecular flexibility index (Phi) is 5.12. The van der Waals surface area contributed by atoms with E-state index in [1.165, 1.54) is 12.1 Å². The molecule has 0 saturated carbocycles. The molecule has 1 heterocycles. The second kappa shape index (κ2) is 7.72. The zero-order chi connectivity index (χ0) is 20.5. The number of aliphatic hydroxyl groups is 1. The lowest BCUT2D eigenvalue weighted by Gasteiger charge is -2.27. The van der Waals surface area contributed by atoms with Crippen molar-refractivity contribution in [3.8, 4) is 0 Å². The molecule has 1 N–H and O–H groups in total. The van der Waals surface area contributed by atoms with E-state index in [9.17, 15) is 14.3 Å². The summed E-state index contributed by atoms with van der Waals surface area (Å²) in [6.45, 7) is 2.32. The van der Waals surface area contributed by atoms with Crippen molar-refractivity contribution in [3.05, 3.63) is 112 Å². The van der Waals surface area contributed by atoms with Gasteiger partial charge in [-0.25, -0.2) is 4.39 Å². The zero-order valence-corrected chi connectivity index (χ0v) is 16.5. The van der Waals surface area contributed by atoms with Crippen molar-refractivity contribution in [3.63, 3.8) is 0 Å². The topological polar surface area (TPSA) is 40.5 Å². The number of aliphatic hydroxyl groups excluding tert-OH is 1. The number of nitrogens with zero attached hydrogens (tertiary/aromatic N) is 1. The molecule has 146 valence electrons. The van der Waals surface area contributed by atoms with Gasteiger partial charge in [0.25, 0.3) is 5.91 Å². The molecule has 0 saturated heterocycles. The number of hydrogen-bond donors (Lipinski definition) is 1. The maximum Gasteiger partial charge on any atom is 0.290 e. The van der Waals surface area contributed by atoms with Crippen LogP contribution in [0.4, 0.5) is 4.39 Å². The van der Waals surface area contributed by atoms with E-state index < -0.39 is 11.9 Å². The fourth-order valence-corrected chi connectivity index (χ4v) is 3.75. The Bertz CT molecular complexity index is 1070. The van der Waals surface area contributed by atoms with Gasteiger partial charge in [-0.05, 0) is 47.9 Å². The summed E-state index contributed by atoms with van der Waals surface area (Å²) in [5.74, 6) is -1.11. The number of halogens is 2. The third kappa shape index (κ3) is 3.76. The molecule has 0 unspecified atom stereocenters. The van der Waals surface area contributed by atoms with E-state index >= 15 is 0 Å². The van der Waals surface area contributed by atoms with Crippen LogP contribution in [0.5, 0.6) is 0 Å². The van der Waals surface area contributed by atoms with Crippen LogP contribution in [0.2, 0.25) is 5.02 Å². The Labute approximate surface area is 173 Å². The molecule has 0 bridgehead atoms. The van der Waals surface area contributed by atoms with E-state index in [0.29, 0.717) is 22.7 Å². The minimum Gasteiger partial charge on any atom is -0.503 e. The predicted molar refractivity (Wildman–Crippen MR) is 112 cm³/mol. The van der Waals surface area contributed by atoms with E-state index in [0.717, 1.165) is 16.7 Å². The Hall–Kier alpha value is -3.11. The fourth-order valence-electron chi connectivity index (χ4n) is 3.62. The number of carbonyl (C=O) groups is 1. The van der Waals surface area contributed by atoms with Gasteiger partial charge in [-0.15, -0.1) is 0 Å². The molecule has 0 fully saturated rings. The normalized spacial score (nSPS) is 16.6. The van der Waals surface area contributed by atoms with Crippen LogP contribution in [0.15, 0.2) is 78.6 Å². The average molecular weight is 408 g/mol. The molecule has 1 atom stereocenters. The van der Waals surface area contributed by atoms with Crippen LogP contribution < -0.4 is 0 Å². The molecular weight excluding hydrogens is 389 g/mol. The molecule has 1 aliphatic heterocycles. The van der Waals surface area contributed by atoms with Crippen molar-refractivity contribution in [1.82, 2.24) is 4.90 Å². The highest BCUT2D eigenvalue weighted by molar-refractivity contribution is 6.30. The standard InChI is InChI=1S/C24H19ClFNO2/c1-15-2-4-16(5-3-15)14-27-22(18-8-12-20(26)13-9-18)21(23(28)24(27)29)17-6-10-19(25)11-7-17/h2-13,22,28H,14H2,1H3/t22-/m1/s1. The first-order chi connectivity index (χ1) is 13.9. The highest BCUT2D eigenvalue weighted by atomic mass is 35.5. The van der Waals surface area contributed by atoms with Crippen molar-refractivity contribution in [2.24, 2.45) is 0 Å². The molecular formula is C24H19ClFNO2. The van der Waals surface area contributed by atoms with E-state index in [1.54, 1.807) is 41.3 Å². The first-order valence-electron chi connectivity index (χ1n) is 9.25. The molecule has 29 heavy (non-hydrogen) atoms. The summed E-state index contributed by atoms with van der Waals surface area (Å²) >= 11 is 6.01. The molecule has 0 aromatic heterocycles. The van der Waals surface area contributed by atoms with E-state index in [1.807, 2.05) is 31.2 Å². The lowest BCUT2D eigenvalue weighted by Crippen LogP contribution is -2.29. The highest BCUT2D eigenvalue weighted by Crippen LogP contribution is 2.43. The maximum atomic E-state index is 13.5. The van der Waals surface area contributed by atoms with Gasteiger partial charge in [0.15, 0.2) is 5.76 Å². The third-order valence-electron chi connectivity index (χ3n) is 5.12. The van der Waals surface area contributed by atoms with Gasteiger partial charge in [0.2, 0.25) is 0 Å². The predicted octanol–water partition coefficient (Wildman–Crippen LogP) is 5.84. The summed E-state index contributed by atoms with van der Waals surface area (Å²) in [4.78, 5) is 14.6. The number of amides is 1. The molecule has 0 aliphatic carbocycles. The van der Waals surface area contributed by atoms with E-state index in [-0.39, 0.29) is 11.6 Å². The van der Waals surface area contributed by atoms with Crippen LogP contribution in [0.1, 0.15) is 28.3 Å². The molecule has 3 aromatic rings. The van der Waals surface area contributed by atoms with Crippen LogP contribution in [0.3, 0.4) is 0 Å². The Morgan fingerprint density at radius 3 is 2.21 bits per heavy atom. The zero-order valence-electron chi connectivity index (χ0n) is 15.8. The van der Waals surface area contributed by atoms with Crippen molar-refractivity contribution in [1.29, 1.82) is 0 Å². The van der Waals surface area contributed by atoms with Crippen LogP contribution in [0.25, 0.3) is 5.57 Å². The lowest BCUT2D eigenvalue weighted by atomic mass is 9.93. The second-order valence-corrected chi connectivity index (χ2v) is 7.58. The fraction of sp³-hybridized carbons (Fsp3) is 0.125. The van der Waals surface area contributed by atoms with Gasteiger partial charge in [-0.1, -0.05) is 65.7 Å². The van der Waals surface area contributed by atoms with Crippen LogP contribution in [0, 0.1) is 12.7 Å². The van der Waals surface area contributed by atoms with E-state index in [4.69, 9.17) is 11.6 Å². The summed E-state index contributed by atoms with van der Waals surface area (Å²) in [6, 6.07) is 20.3. The quantitative estimate of drug-likeness (QED) is 0.590. The van der Waals surface area contributed by atoms with Crippen LogP contribution >= 0.6 is 11.6 Å². The Morgan fingerprint density at radius 2 is 1.59 bits per heavy atom. The van der Waals surface area contributed by atoms with Gasteiger partial charge in [-0.3, -0.25) is 4.79 Å². The molecule has 1 aliphatic rings. The van der Waals surface area contributed by atoms with Gasteiger partial charge in [0, 0.05) is 17.1 Å². The Morgan fingerprint density at radius 1 is 0.966 bits per heavy atom. The third-order valence-corrected chi connectivity index (χ3v) is 5.37. The number of carbonyl (C=O) groups excluding carboxylic acids is 1. The minimum absolute atomic E-state index is 0.297. The van der Waals surface area contributed by atoms with Crippen molar-refractivity contribution in [2.75, 3.05) is 0 Å². The summed E-state index contributed by atoms with van der Waals surface area (Å²) in [5.41, 5.74) is 3.98. The maximum absolute atomic E-state index is 13.5. The van der Waals surface area contributed by atoms with Crippen molar-refractivity contribution < 1.29 is 14.3 Å². The summed E-state index contributed by atoms with van der Waals surface area (Å²) in [6.07, 6.45) is 0. The Balaban J connectivity index is 1.80. The first-order valence-corrected chi connectivity index (χ1v) is 9.63. The largest absolute Gasteiger partial charge is 0.503 e. The molecule has 0 spiro atoms. The molecule has 3 nitrogen and oxygen atoms in total. The smallest absolute Gasteiger partial charge is 0.290 e. The first kappa shape index (κ1) is 19.2. The number of rotatable bonds is 4. The second-order valence-electron chi connectivity index (χ2n) is 7.14. The summed E-state index contributed by atoms with van der Waals surface area (Å²) in [7, 11) is 0. The molecule has 1 amide bonds. The van der Waals surface area contributed by atoms with Crippen molar-refractivity contribution >= 4 is 23.1 Å². The monoisotopic (exact) mass is 407 g/mol. The average Bonchev–Trinajstić information content (AvgIpc) is 2.96. The molecule has 5 heteroatoms. The number of benzene rings is 3. The van der Waals surface area contributed by atoms with Gasteiger partial charge in [-0.2, -0.15) is 0 Å². The van der Waals surface area contributed by atoms with Gasteiger partial charge < -0.3 is 10.0 Å². The van der Waals surface area contributed by atoms with Gasteiger partial charge >= 0.3 is 0 Å². The van der Waals surface area contributed by atoms with Gasteiger partial charge in [0.1, 0.15) is 5.82 Å². The SMILES string of the molecule is Cc1ccc(CN2C(=O)C(O)=C(c3ccc(Cl)cc3)[C@H]2c2ccc(F)cc2)cc1. The van der Waals surface area contributed by atoms with Crippen LogP contribution in [-0.4, -0.2) is 15.9 Å². The lowest BCUT2D eigenvalue weighted by molar-refractivity contribution is -0.130. The van der Waals surface area contributed by atoms with Gasteiger partial charge in [0.05, 0.1) is 6.04 Å². The van der Waals surface area contributed by atoms with E-state index in [2.05, 4.69) is 0 Å². The molecule has 0 radical (unpaired) electrons. The highest BCUT2D eigenvalue weighted by Gasteiger charge is 2.40. The molecule has 3 aromatic carbocycles.